The Kier molecular flexibility index (Phi) is 3.87. The summed E-state index contributed by atoms with van der Waals surface area (Å²) in [6.07, 6.45) is 2.53. The van der Waals surface area contributed by atoms with Gasteiger partial charge in [0, 0.05) is 19.0 Å². The first kappa shape index (κ1) is 14.3. The highest BCUT2D eigenvalue weighted by Crippen LogP contribution is 2.28. The lowest BCUT2D eigenvalue weighted by atomic mass is 10.0. The summed E-state index contributed by atoms with van der Waals surface area (Å²) < 4.78 is 4.73. The molecule has 0 spiro atoms. The molecular formula is C17H16N2O3. The van der Waals surface area contributed by atoms with Gasteiger partial charge in [-0.15, -0.1) is 0 Å². The molecule has 3 rings (SSSR count). The van der Waals surface area contributed by atoms with E-state index in [1.807, 2.05) is 30.3 Å². The number of methoxy groups -OCH3 is 1. The van der Waals surface area contributed by atoms with Gasteiger partial charge in [-0.2, -0.15) is 0 Å². The Labute approximate surface area is 128 Å². The number of hydrogen-bond acceptors (Lipinski definition) is 4. The lowest BCUT2D eigenvalue weighted by molar-refractivity contribution is -0.119. The largest absolute Gasteiger partial charge is 0.465 e. The summed E-state index contributed by atoms with van der Waals surface area (Å²) in [7, 11) is 1.33. The molecule has 5 heteroatoms. The van der Waals surface area contributed by atoms with Crippen LogP contribution in [-0.4, -0.2) is 24.0 Å². The summed E-state index contributed by atoms with van der Waals surface area (Å²) in [5.41, 5.74) is 2.92. The van der Waals surface area contributed by atoms with Crippen LogP contribution in [-0.2, 0) is 22.5 Å². The third kappa shape index (κ3) is 2.70. The predicted octanol–water partition coefficient (Wildman–Crippen LogP) is 2.35. The second kappa shape index (κ2) is 5.97. The Morgan fingerprint density at radius 2 is 2.05 bits per heavy atom. The first-order valence-corrected chi connectivity index (χ1v) is 7.10. The number of benzene rings is 1. The van der Waals surface area contributed by atoms with Crippen molar-refractivity contribution in [1.82, 2.24) is 4.98 Å². The maximum atomic E-state index is 12.3. The van der Waals surface area contributed by atoms with Crippen molar-refractivity contribution in [1.29, 1.82) is 0 Å². The standard InChI is InChI=1S/C17H16N2O3/c1-22-17(21)13-9-15-14(18-10-13)7-8-16(20)19(15)11-12-5-3-2-4-6-12/h2-6,9-10H,7-8,11H2,1H3. The van der Waals surface area contributed by atoms with Crippen molar-refractivity contribution in [3.05, 3.63) is 59.4 Å². The molecule has 1 aliphatic rings. The number of nitrogens with zero attached hydrogens (tertiary/aromatic N) is 2. The number of anilines is 1. The van der Waals surface area contributed by atoms with Gasteiger partial charge in [0.25, 0.3) is 0 Å². The van der Waals surface area contributed by atoms with E-state index in [1.54, 1.807) is 11.0 Å². The number of esters is 1. The number of aromatic nitrogens is 1. The van der Waals surface area contributed by atoms with Gasteiger partial charge in [0.15, 0.2) is 0 Å². The van der Waals surface area contributed by atoms with Gasteiger partial charge in [-0.1, -0.05) is 30.3 Å². The van der Waals surface area contributed by atoms with Crippen LogP contribution in [0.15, 0.2) is 42.6 Å². The van der Waals surface area contributed by atoms with Crippen molar-refractivity contribution in [2.45, 2.75) is 19.4 Å². The van der Waals surface area contributed by atoms with E-state index in [4.69, 9.17) is 4.74 Å². The van der Waals surface area contributed by atoms with Gasteiger partial charge >= 0.3 is 5.97 Å². The Morgan fingerprint density at radius 3 is 2.77 bits per heavy atom. The molecule has 0 fully saturated rings. The maximum absolute atomic E-state index is 12.3. The van der Waals surface area contributed by atoms with E-state index in [9.17, 15) is 9.59 Å². The zero-order valence-corrected chi connectivity index (χ0v) is 12.3. The third-order valence-corrected chi connectivity index (χ3v) is 3.72. The highest BCUT2D eigenvalue weighted by atomic mass is 16.5. The molecule has 112 valence electrons. The number of fused-ring (bicyclic) bond motifs is 1. The van der Waals surface area contributed by atoms with Crippen LogP contribution in [0, 0.1) is 0 Å². The number of rotatable bonds is 3. The SMILES string of the molecule is COC(=O)c1cnc2c(c1)N(Cc1ccccc1)C(=O)CC2. The summed E-state index contributed by atoms with van der Waals surface area (Å²) in [6.45, 7) is 0.471. The minimum Gasteiger partial charge on any atom is -0.465 e. The number of ether oxygens (including phenoxy) is 1. The van der Waals surface area contributed by atoms with E-state index in [2.05, 4.69) is 4.98 Å². The summed E-state index contributed by atoms with van der Waals surface area (Å²) in [5, 5.41) is 0. The van der Waals surface area contributed by atoms with Crippen LogP contribution in [0.4, 0.5) is 5.69 Å². The van der Waals surface area contributed by atoms with Crippen LogP contribution >= 0.6 is 0 Å². The van der Waals surface area contributed by atoms with Gasteiger partial charge in [-0.25, -0.2) is 4.79 Å². The van der Waals surface area contributed by atoms with E-state index in [-0.39, 0.29) is 5.91 Å². The van der Waals surface area contributed by atoms with Crippen LogP contribution < -0.4 is 4.90 Å². The van der Waals surface area contributed by atoms with Crippen molar-refractivity contribution >= 4 is 17.6 Å². The molecule has 0 unspecified atom stereocenters. The summed E-state index contributed by atoms with van der Waals surface area (Å²) in [5.74, 6) is -0.409. The molecule has 0 N–H and O–H groups in total. The zero-order valence-electron chi connectivity index (χ0n) is 12.3. The van der Waals surface area contributed by atoms with Crippen LogP contribution in [0.5, 0.6) is 0 Å². The van der Waals surface area contributed by atoms with Gasteiger partial charge < -0.3 is 9.64 Å². The summed E-state index contributed by atoms with van der Waals surface area (Å²) >= 11 is 0. The molecule has 1 aliphatic heterocycles. The molecule has 0 bridgehead atoms. The average Bonchev–Trinajstić information content (AvgIpc) is 2.57. The normalized spacial score (nSPS) is 13.7. The minimum atomic E-state index is -0.451. The second-order valence-electron chi connectivity index (χ2n) is 5.15. The zero-order chi connectivity index (χ0) is 15.5. The molecular weight excluding hydrogens is 280 g/mol. The topological polar surface area (TPSA) is 59.5 Å². The molecule has 0 saturated carbocycles. The number of aryl methyl sites for hydroxylation is 1. The Hall–Kier alpha value is -2.69. The predicted molar refractivity (Wildman–Crippen MR) is 81.5 cm³/mol. The van der Waals surface area contributed by atoms with Gasteiger partial charge in [0.2, 0.25) is 5.91 Å². The summed E-state index contributed by atoms with van der Waals surface area (Å²) in [4.78, 5) is 30.0. The molecule has 0 atom stereocenters. The van der Waals surface area contributed by atoms with Crippen LogP contribution in [0.2, 0.25) is 0 Å². The Balaban J connectivity index is 1.98. The Morgan fingerprint density at radius 1 is 1.27 bits per heavy atom. The molecule has 1 aromatic carbocycles. The lowest BCUT2D eigenvalue weighted by Gasteiger charge is -2.29. The molecule has 0 aliphatic carbocycles. The fourth-order valence-corrected chi connectivity index (χ4v) is 2.57. The number of hydrogen-bond donors (Lipinski definition) is 0. The average molecular weight is 296 g/mol. The Bertz CT molecular complexity index is 713. The maximum Gasteiger partial charge on any atom is 0.339 e. The van der Waals surface area contributed by atoms with Gasteiger partial charge in [-0.05, 0) is 11.6 Å². The quantitative estimate of drug-likeness (QED) is 0.816. The van der Waals surface area contributed by atoms with Crippen LogP contribution in [0.1, 0.15) is 28.0 Å². The number of carbonyl (C=O) groups excluding carboxylic acids is 2. The summed E-state index contributed by atoms with van der Waals surface area (Å²) in [6, 6.07) is 11.4. The van der Waals surface area contributed by atoms with Crippen molar-refractivity contribution in [2.75, 3.05) is 12.0 Å². The molecule has 1 aromatic heterocycles. The van der Waals surface area contributed by atoms with E-state index >= 15 is 0 Å². The number of pyridine rings is 1. The molecule has 2 heterocycles. The van der Waals surface area contributed by atoms with E-state index in [1.165, 1.54) is 13.3 Å². The fourth-order valence-electron chi connectivity index (χ4n) is 2.57. The molecule has 0 saturated heterocycles. The third-order valence-electron chi connectivity index (χ3n) is 3.72. The molecule has 2 aromatic rings. The highest BCUT2D eigenvalue weighted by molar-refractivity contribution is 5.98. The monoisotopic (exact) mass is 296 g/mol. The van der Waals surface area contributed by atoms with Crippen LogP contribution in [0.3, 0.4) is 0 Å². The highest BCUT2D eigenvalue weighted by Gasteiger charge is 2.26. The molecule has 1 amide bonds. The minimum absolute atomic E-state index is 0.0418. The van der Waals surface area contributed by atoms with Crippen molar-refractivity contribution in [3.8, 4) is 0 Å². The number of amides is 1. The fraction of sp³-hybridized carbons (Fsp3) is 0.235. The first-order valence-electron chi connectivity index (χ1n) is 7.10. The van der Waals surface area contributed by atoms with Crippen LogP contribution in [0.25, 0.3) is 0 Å². The number of carbonyl (C=O) groups is 2. The van der Waals surface area contributed by atoms with Gasteiger partial charge in [0.05, 0.1) is 30.6 Å². The van der Waals surface area contributed by atoms with Gasteiger partial charge in [0.1, 0.15) is 0 Å². The second-order valence-corrected chi connectivity index (χ2v) is 5.15. The van der Waals surface area contributed by atoms with Crippen molar-refractivity contribution in [2.24, 2.45) is 0 Å². The van der Waals surface area contributed by atoms with Crippen molar-refractivity contribution in [3.63, 3.8) is 0 Å². The molecule has 5 nitrogen and oxygen atoms in total. The lowest BCUT2D eigenvalue weighted by Crippen LogP contribution is -2.35. The van der Waals surface area contributed by atoms with E-state index < -0.39 is 5.97 Å². The van der Waals surface area contributed by atoms with Crippen molar-refractivity contribution < 1.29 is 14.3 Å². The van der Waals surface area contributed by atoms with E-state index in [0.717, 1.165) is 11.3 Å². The molecule has 0 radical (unpaired) electrons. The molecule has 22 heavy (non-hydrogen) atoms. The van der Waals surface area contributed by atoms with Gasteiger partial charge in [-0.3, -0.25) is 9.78 Å². The van der Waals surface area contributed by atoms with E-state index in [0.29, 0.717) is 30.6 Å². The smallest absolute Gasteiger partial charge is 0.339 e. The first-order chi connectivity index (χ1) is 10.7.